The van der Waals surface area contributed by atoms with E-state index in [1.165, 1.54) is 36.4 Å². The summed E-state index contributed by atoms with van der Waals surface area (Å²) in [5, 5.41) is 19.6. The quantitative estimate of drug-likeness (QED) is 0.120. The fourth-order valence-electron chi connectivity index (χ4n) is 5.64. The Bertz CT molecular complexity index is 2180. The molecule has 232 valence electrons. The molecule has 1 atom stereocenters. The van der Waals surface area contributed by atoms with Gasteiger partial charge in [-0.3, -0.25) is 15.4 Å². The van der Waals surface area contributed by atoms with Gasteiger partial charge < -0.3 is 24.1 Å². The number of carbonyl (C=O) groups is 2. The number of amides is 3. The topological polar surface area (TPSA) is 131 Å². The molecule has 1 aliphatic heterocycles. The molecule has 3 amide bonds. The largest absolute Gasteiger partial charge is 0.470 e. The van der Waals surface area contributed by atoms with Crippen molar-refractivity contribution in [2.24, 2.45) is 0 Å². The van der Waals surface area contributed by atoms with Crippen LogP contribution < -0.4 is 20.7 Å². The number of nitrogens with zero attached hydrogens (tertiary/aromatic N) is 2. The second-order valence-electron chi connectivity index (χ2n) is 10.5. The van der Waals surface area contributed by atoms with E-state index in [0.29, 0.717) is 55.8 Å². The molecule has 1 unspecified atom stereocenters. The number of ether oxygens (including phenoxy) is 1. The molecule has 0 bridgehead atoms. The van der Waals surface area contributed by atoms with Crippen molar-refractivity contribution in [1.29, 1.82) is 0 Å². The first-order valence-corrected chi connectivity index (χ1v) is 14.6. The number of alkyl halides is 1. The van der Waals surface area contributed by atoms with Crippen LogP contribution in [0.25, 0.3) is 55.8 Å². The Hall–Kier alpha value is -5.30. The zero-order valence-electron chi connectivity index (χ0n) is 24.0. The van der Waals surface area contributed by atoms with Gasteiger partial charge in [0, 0.05) is 33.5 Å². The number of pyridine rings is 1. The number of rotatable bonds is 6. The minimum atomic E-state index is -1.19. The molecule has 3 aromatic carbocycles. The van der Waals surface area contributed by atoms with E-state index in [1.807, 2.05) is 4.57 Å². The molecular weight excluding hydrogens is 620 g/mol. The highest BCUT2D eigenvalue weighted by Crippen LogP contribution is 2.43. The minimum absolute atomic E-state index is 0.163. The van der Waals surface area contributed by atoms with E-state index in [0.717, 1.165) is 0 Å². The first-order chi connectivity index (χ1) is 22.2. The molecule has 4 N–H and O–H groups in total. The number of halogens is 3. The molecule has 0 saturated carbocycles. The number of anilines is 1. The fraction of sp³-hybridized carbons (Fsp3) is 0.121. The van der Waals surface area contributed by atoms with Crippen LogP contribution in [0, 0.1) is 11.6 Å². The van der Waals surface area contributed by atoms with Gasteiger partial charge in [-0.05, 0) is 67.7 Å². The fourth-order valence-corrected chi connectivity index (χ4v) is 5.70. The third-order valence-corrected chi connectivity index (χ3v) is 8.00. The molecule has 3 aromatic heterocycles. The number of aromatic nitrogens is 2. The van der Waals surface area contributed by atoms with Gasteiger partial charge >= 0.3 is 6.03 Å². The first kappa shape index (κ1) is 29.4. The maximum atomic E-state index is 14.7. The number of urea groups is 1. The molecule has 4 heterocycles. The summed E-state index contributed by atoms with van der Waals surface area (Å²) in [7, 11) is 1.57. The van der Waals surface area contributed by atoms with E-state index in [-0.39, 0.29) is 29.6 Å². The predicted octanol–water partition coefficient (Wildman–Crippen LogP) is 6.51. The standard InChI is InChI=1S/C33H24ClF2N5O5/c1-37-32(43)29-20-11-19(22-9-10-26-30(38-22)25-12-18-21(36)3-2-4-24(18)41(25)15-45-26)23(39-33(44)40-28(42)14-34)13-27(20)46-31(29)16-5-7-17(35)8-6-16/h2-13,32,37,43H,14-15H2,1H3,(H2,39,40,42,44). The zero-order chi connectivity index (χ0) is 32.1. The van der Waals surface area contributed by atoms with Crippen LogP contribution >= 0.6 is 11.6 Å². The summed E-state index contributed by atoms with van der Waals surface area (Å²) in [5.41, 5.74) is 3.89. The molecule has 7 rings (SSSR count). The van der Waals surface area contributed by atoms with Crippen LogP contribution in [0.15, 0.2) is 77.2 Å². The number of fused-ring (bicyclic) bond motifs is 6. The van der Waals surface area contributed by atoms with Crippen LogP contribution in [0.5, 0.6) is 5.75 Å². The van der Waals surface area contributed by atoms with Gasteiger partial charge in [0.1, 0.15) is 46.5 Å². The molecule has 0 radical (unpaired) electrons. The molecule has 1 aliphatic rings. The van der Waals surface area contributed by atoms with Gasteiger partial charge in [-0.1, -0.05) is 6.07 Å². The summed E-state index contributed by atoms with van der Waals surface area (Å²) in [4.78, 5) is 29.6. The SMILES string of the molecule is CNC(O)c1c(-c2ccc(F)cc2)oc2cc(NC(=O)NC(=O)CCl)c(-c3ccc4c(n3)-c3cc5c(F)cccc5n3CO4)cc12. The Labute approximate surface area is 264 Å². The lowest BCUT2D eigenvalue weighted by Gasteiger charge is -2.21. The number of hydrogen-bond donors (Lipinski definition) is 4. The van der Waals surface area contributed by atoms with Gasteiger partial charge in [0.2, 0.25) is 5.91 Å². The lowest BCUT2D eigenvalue weighted by molar-refractivity contribution is -0.117. The van der Waals surface area contributed by atoms with Gasteiger partial charge in [0.05, 0.1) is 22.6 Å². The Morgan fingerprint density at radius 3 is 2.63 bits per heavy atom. The molecule has 13 heteroatoms. The summed E-state index contributed by atoms with van der Waals surface area (Å²) in [5.74, 6) is -1.19. The number of aliphatic hydroxyl groups is 1. The smallest absolute Gasteiger partial charge is 0.325 e. The van der Waals surface area contributed by atoms with Gasteiger partial charge in [-0.2, -0.15) is 0 Å². The van der Waals surface area contributed by atoms with Crippen molar-refractivity contribution < 1.29 is 32.6 Å². The van der Waals surface area contributed by atoms with Crippen LogP contribution in [0.2, 0.25) is 0 Å². The maximum Gasteiger partial charge on any atom is 0.325 e. The van der Waals surface area contributed by atoms with E-state index in [4.69, 9.17) is 25.7 Å². The molecule has 0 fully saturated rings. The maximum absolute atomic E-state index is 14.7. The number of furan rings is 1. The molecule has 0 spiro atoms. The van der Waals surface area contributed by atoms with E-state index in [1.54, 1.807) is 43.4 Å². The van der Waals surface area contributed by atoms with Crippen LogP contribution in [-0.4, -0.2) is 39.5 Å². The summed E-state index contributed by atoms with van der Waals surface area (Å²) >= 11 is 5.58. The number of aliphatic hydroxyl groups excluding tert-OH is 1. The number of imide groups is 1. The number of nitrogens with one attached hydrogen (secondary N) is 3. The normalized spacial score (nSPS) is 12.8. The molecule has 10 nitrogen and oxygen atoms in total. The van der Waals surface area contributed by atoms with Crippen molar-refractivity contribution in [3.05, 3.63) is 90.0 Å². The predicted molar refractivity (Wildman–Crippen MR) is 168 cm³/mol. The van der Waals surface area contributed by atoms with Gasteiger partial charge in [0.25, 0.3) is 0 Å². The summed E-state index contributed by atoms with van der Waals surface area (Å²) < 4.78 is 42.4. The van der Waals surface area contributed by atoms with E-state index < -0.39 is 29.9 Å². The third-order valence-electron chi connectivity index (χ3n) is 7.76. The van der Waals surface area contributed by atoms with Crippen molar-refractivity contribution in [3.8, 4) is 39.7 Å². The molecule has 0 saturated heterocycles. The van der Waals surface area contributed by atoms with E-state index in [2.05, 4.69) is 16.0 Å². The first-order valence-electron chi connectivity index (χ1n) is 14.1. The Morgan fingerprint density at radius 1 is 1.07 bits per heavy atom. The lowest BCUT2D eigenvalue weighted by atomic mass is 10.00. The van der Waals surface area contributed by atoms with Crippen LogP contribution in [0.4, 0.5) is 19.3 Å². The second kappa shape index (κ2) is 11.6. The van der Waals surface area contributed by atoms with Crippen molar-refractivity contribution in [3.63, 3.8) is 0 Å². The van der Waals surface area contributed by atoms with E-state index in [9.17, 15) is 23.5 Å². The third kappa shape index (κ3) is 5.02. The second-order valence-corrected chi connectivity index (χ2v) is 10.8. The highest BCUT2D eigenvalue weighted by atomic mass is 35.5. The van der Waals surface area contributed by atoms with Crippen molar-refractivity contribution >= 4 is 51.1 Å². The summed E-state index contributed by atoms with van der Waals surface area (Å²) in [6.07, 6.45) is -1.19. The Kier molecular flexibility index (Phi) is 7.40. The highest BCUT2D eigenvalue weighted by molar-refractivity contribution is 6.28. The van der Waals surface area contributed by atoms with Gasteiger partial charge in [0.15, 0.2) is 6.73 Å². The lowest BCUT2D eigenvalue weighted by Crippen LogP contribution is -2.35. The Balaban J connectivity index is 1.43. The number of hydrogen-bond acceptors (Lipinski definition) is 7. The van der Waals surface area contributed by atoms with Gasteiger partial charge in [-0.25, -0.2) is 18.6 Å². The van der Waals surface area contributed by atoms with E-state index >= 15 is 0 Å². The molecular formula is C33H24ClF2N5O5. The van der Waals surface area contributed by atoms with Crippen molar-refractivity contribution in [2.75, 3.05) is 18.2 Å². The Morgan fingerprint density at radius 2 is 1.87 bits per heavy atom. The zero-order valence-corrected chi connectivity index (χ0v) is 24.8. The average Bonchev–Trinajstić information content (AvgIpc) is 3.63. The minimum Gasteiger partial charge on any atom is -0.470 e. The van der Waals surface area contributed by atoms with Crippen LogP contribution in [-0.2, 0) is 11.5 Å². The average molecular weight is 644 g/mol. The monoisotopic (exact) mass is 643 g/mol. The summed E-state index contributed by atoms with van der Waals surface area (Å²) in [6.45, 7) is 0.163. The molecule has 0 aliphatic carbocycles. The number of carbonyl (C=O) groups excluding carboxylic acids is 2. The van der Waals surface area contributed by atoms with Crippen LogP contribution in [0.3, 0.4) is 0 Å². The van der Waals surface area contributed by atoms with Gasteiger partial charge in [-0.15, -0.1) is 11.6 Å². The molecule has 46 heavy (non-hydrogen) atoms. The molecule has 6 aromatic rings. The van der Waals surface area contributed by atoms with Crippen LogP contribution in [0.1, 0.15) is 11.8 Å². The van der Waals surface area contributed by atoms with Crippen molar-refractivity contribution in [2.45, 2.75) is 13.0 Å². The van der Waals surface area contributed by atoms with Crippen molar-refractivity contribution in [1.82, 2.24) is 20.2 Å². The number of benzene rings is 3. The highest BCUT2D eigenvalue weighted by Gasteiger charge is 2.27. The summed E-state index contributed by atoms with van der Waals surface area (Å²) in [6, 6.07) is 17.9.